The fourth-order valence-corrected chi connectivity index (χ4v) is 5.72. The summed E-state index contributed by atoms with van der Waals surface area (Å²) in [6, 6.07) is 10.5. The quantitative estimate of drug-likeness (QED) is 0.195. The minimum absolute atomic E-state index is 0.00712. The minimum atomic E-state index is -4.02. The van der Waals surface area contributed by atoms with E-state index < -0.39 is 37.8 Å². The molecule has 11 nitrogen and oxygen atoms in total. The van der Waals surface area contributed by atoms with E-state index in [-0.39, 0.29) is 28.5 Å². The van der Waals surface area contributed by atoms with E-state index in [1.54, 1.807) is 12.1 Å². The first-order valence-electron chi connectivity index (χ1n) is 10.4. The molecule has 4 rings (SSSR count). The second kappa shape index (κ2) is 9.93. The van der Waals surface area contributed by atoms with Gasteiger partial charge < -0.3 is 15.4 Å². The number of non-ortho nitro benzene ring substituents is 1. The maximum absolute atomic E-state index is 12.5. The number of aryl methyl sites for hydroxylation is 1. The molecule has 2 saturated heterocycles. The summed E-state index contributed by atoms with van der Waals surface area (Å²) in [5.41, 5.74) is 7.34. The Morgan fingerprint density at radius 1 is 1.20 bits per heavy atom. The van der Waals surface area contributed by atoms with Crippen LogP contribution in [0, 0.1) is 17.0 Å². The second-order valence-electron chi connectivity index (χ2n) is 8.61. The molecular weight excluding hydrogens is 498 g/mol. The van der Waals surface area contributed by atoms with Crippen LogP contribution in [0.3, 0.4) is 0 Å². The van der Waals surface area contributed by atoms with Crippen molar-refractivity contribution in [3.63, 3.8) is 0 Å². The molecule has 0 spiro atoms. The number of fused-ring (bicyclic) bond motifs is 1. The lowest BCUT2D eigenvalue weighted by Gasteiger charge is -2.41. The highest BCUT2D eigenvalue weighted by molar-refractivity contribution is 8.01. The highest BCUT2D eigenvalue weighted by Gasteiger charge is 2.63. The first kappa shape index (κ1) is 26.6. The standard InChI is InChI=1S/C15H17N3O5S.C7H8O3S/c1-15(2)11(17-12(19)10(16)13(17)24-15)14(20)23-7-8-3-5-9(6-4-8)18(21)22;1-6-2-4-7(5-3-6)11(8,9)10/h3-6,10-11,13H,7,16H2,1-2H3;2-5H,1H3,(H,8,9,10)/t10?,11?,13-;/m1./s1. The van der Waals surface area contributed by atoms with E-state index in [1.807, 2.05) is 20.8 Å². The molecule has 0 aliphatic carbocycles. The van der Waals surface area contributed by atoms with Crippen LogP contribution in [0.2, 0.25) is 0 Å². The Bertz CT molecular complexity index is 1230. The lowest BCUT2D eigenvalue weighted by atomic mass is 9.96. The number of carbonyl (C=O) groups is 2. The van der Waals surface area contributed by atoms with Crippen LogP contribution < -0.4 is 5.73 Å². The molecule has 2 heterocycles. The van der Waals surface area contributed by atoms with E-state index in [2.05, 4.69) is 0 Å². The van der Waals surface area contributed by atoms with Gasteiger partial charge in [0.1, 0.15) is 24.1 Å². The normalized spacial score (nSPS) is 22.4. The number of ether oxygens (including phenoxy) is 1. The molecular formula is C22H25N3O8S2. The van der Waals surface area contributed by atoms with Gasteiger partial charge in [-0.25, -0.2) is 4.79 Å². The molecule has 2 fully saturated rings. The SMILES string of the molecule is CC1(C)S[C@@H]2C(N)C(=O)N2C1C(=O)OCc1ccc([N+](=O)[O-])cc1.Cc1ccc(S(=O)(=O)O)cc1. The number of nitrogens with two attached hydrogens (primary N) is 1. The molecule has 3 atom stereocenters. The van der Waals surface area contributed by atoms with Crippen molar-refractivity contribution in [3.8, 4) is 0 Å². The Kier molecular flexibility index (Phi) is 7.55. The number of thioether (sulfide) groups is 1. The predicted octanol–water partition coefficient (Wildman–Crippen LogP) is 2.27. The van der Waals surface area contributed by atoms with Crippen molar-refractivity contribution in [1.29, 1.82) is 0 Å². The second-order valence-corrected chi connectivity index (χ2v) is 11.8. The van der Waals surface area contributed by atoms with Crippen LogP contribution in [0.4, 0.5) is 5.69 Å². The number of carbonyl (C=O) groups excluding carboxylic acids is 2. The van der Waals surface area contributed by atoms with Gasteiger partial charge in [0.2, 0.25) is 5.91 Å². The van der Waals surface area contributed by atoms with Crippen molar-refractivity contribution >= 4 is 39.4 Å². The number of amides is 1. The molecule has 2 unspecified atom stereocenters. The molecule has 0 saturated carbocycles. The molecule has 188 valence electrons. The number of nitrogens with zero attached hydrogens (tertiary/aromatic N) is 2. The average Bonchev–Trinajstić information content (AvgIpc) is 3.05. The molecule has 3 N–H and O–H groups in total. The number of hydrogen-bond donors (Lipinski definition) is 2. The summed E-state index contributed by atoms with van der Waals surface area (Å²) < 4.78 is 34.4. The van der Waals surface area contributed by atoms with Crippen LogP contribution >= 0.6 is 11.8 Å². The molecule has 2 aromatic carbocycles. The highest BCUT2D eigenvalue weighted by atomic mass is 32.2. The average molecular weight is 524 g/mol. The molecule has 2 aromatic rings. The van der Waals surface area contributed by atoms with Gasteiger partial charge in [-0.2, -0.15) is 8.42 Å². The van der Waals surface area contributed by atoms with Crippen molar-refractivity contribution in [1.82, 2.24) is 4.90 Å². The summed E-state index contributed by atoms with van der Waals surface area (Å²) in [7, 11) is -4.02. The van der Waals surface area contributed by atoms with Crippen molar-refractivity contribution in [2.75, 3.05) is 0 Å². The minimum Gasteiger partial charge on any atom is -0.459 e. The Morgan fingerprint density at radius 3 is 2.29 bits per heavy atom. The first-order valence-corrected chi connectivity index (χ1v) is 12.7. The van der Waals surface area contributed by atoms with Crippen molar-refractivity contribution in [2.24, 2.45) is 5.73 Å². The van der Waals surface area contributed by atoms with Crippen molar-refractivity contribution < 1.29 is 32.2 Å². The lowest BCUT2D eigenvalue weighted by Crippen LogP contribution is -2.68. The van der Waals surface area contributed by atoms with Gasteiger partial charge in [0.15, 0.2) is 0 Å². The molecule has 13 heteroatoms. The van der Waals surface area contributed by atoms with Crippen molar-refractivity contribution in [2.45, 2.75) is 54.5 Å². The number of nitro groups is 1. The van der Waals surface area contributed by atoms with Crippen LogP contribution in [-0.2, 0) is 31.1 Å². The van der Waals surface area contributed by atoms with Gasteiger partial charge in [-0.15, -0.1) is 11.8 Å². The van der Waals surface area contributed by atoms with Gasteiger partial charge >= 0.3 is 5.97 Å². The molecule has 2 aliphatic heterocycles. The maximum Gasteiger partial charge on any atom is 0.330 e. The van der Waals surface area contributed by atoms with Crippen LogP contribution in [-0.4, -0.2) is 56.9 Å². The molecule has 0 bridgehead atoms. The van der Waals surface area contributed by atoms with Crippen LogP contribution in [0.1, 0.15) is 25.0 Å². The number of β-lactam (4-membered cyclic amide) rings is 1. The molecule has 0 aromatic heterocycles. The Labute approximate surface area is 206 Å². The third-order valence-electron chi connectivity index (χ3n) is 5.55. The summed E-state index contributed by atoms with van der Waals surface area (Å²) in [5, 5.41) is 10.4. The summed E-state index contributed by atoms with van der Waals surface area (Å²) >= 11 is 1.50. The number of benzene rings is 2. The molecule has 2 aliphatic rings. The fourth-order valence-electron chi connectivity index (χ4n) is 3.68. The topological polar surface area (TPSA) is 170 Å². The Balaban J connectivity index is 0.000000261. The Morgan fingerprint density at radius 2 is 1.77 bits per heavy atom. The van der Waals surface area contributed by atoms with Gasteiger partial charge in [0.05, 0.1) is 9.82 Å². The maximum atomic E-state index is 12.5. The first-order chi connectivity index (χ1) is 16.2. The van der Waals surface area contributed by atoms with Gasteiger partial charge in [0, 0.05) is 16.9 Å². The van der Waals surface area contributed by atoms with Crippen molar-refractivity contribution in [3.05, 3.63) is 69.8 Å². The van der Waals surface area contributed by atoms with Gasteiger partial charge in [-0.1, -0.05) is 17.7 Å². The largest absolute Gasteiger partial charge is 0.459 e. The van der Waals surface area contributed by atoms with Gasteiger partial charge in [0.25, 0.3) is 15.8 Å². The number of hydrogen-bond acceptors (Lipinski definition) is 9. The third-order valence-corrected chi connectivity index (χ3v) is 8.01. The molecule has 0 radical (unpaired) electrons. The number of esters is 1. The highest BCUT2D eigenvalue weighted by Crippen LogP contribution is 2.50. The summed E-state index contributed by atoms with van der Waals surface area (Å²) in [6.45, 7) is 5.60. The van der Waals surface area contributed by atoms with E-state index in [9.17, 15) is 28.1 Å². The number of nitro benzene ring substituents is 1. The predicted molar refractivity (Wildman–Crippen MR) is 128 cm³/mol. The van der Waals surface area contributed by atoms with Crippen LogP contribution in [0.5, 0.6) is 0 Å². The zero-order valence-electron chi connectivity index (χ0n) is 19.2. The van der Waals surface area contributed by atoms with E-state index in [0.29, 0.717) is 5.56 Å². The molecule has 35 heavy (non-hydrogen) atoms. The monoisotopic (exact) mass is 523 g/mol. The van der Waals surface area contributed by atoms with Gasteiger partial charge in [-0.05, 0) is 50.6 Å². The summed E-state index contributed by atoms with van der Waals surface area (Å²) in [6.07, 6.45) is 0. The zero-order valence-corrected chi connectivity index (χ0v) is 20.8. The lowest BCUT2D eigenvalue weighted by molar-refractivity contribution is -0.384. The van der Waals surface area contributed by atoms with Gasteiger partial charge in [-0.3, -0.25) is 19.5 Å². The number of rotatable bonds is 5. The fraction of sp³-hybridized carbons (Fsp3) is 0.364. The smallest absolute Gasteiger partial charge is 0.330 e. The third kappa shape index (κ3) is 5.81. The summed E-state index contributed by atoms with van der Waals surface area (Å²) in [4.78, 5) is 36.0. The van der Waals surface area contributed by atoms with Crippen LogP contribution in [0.15, 0.2) is 53.4 Å². The van der Waals surface area contributed by atoms with E-state index in [0.717, 1.165) is 5.56 Å². The Hall–Kier alpha value is -3.00. The zero-order chi connectivity index (χ0) is 26.1. The molecule has 1 amide bonds. The van der Waals surface area contributed by atoms with E-state index in [4.69, 9.17) is 15.0 Å². The van der Waals surface area contributed by atoms with E-state index >= 15 is 0 Å². The summed E-state index contributed by atoms with van der Waals surface area (Å²) in [5.74, 6) is -0.732. The van der Waals surface area contributed by atoms with Crippen LogP contribution in [0.25, 0.3) is 0 Å². The van der Waals surface area contributed by atoms with E-state index in [1.165, 1.54) is 53.1 Å².